The van der Waals surface area contributed by atoms with Crippen molar-refractivity contribution in [2.24, 2.45) is 5.10 Å². The maximum atomic E-state index is 11.9. The van der Waals surface area contributed by atoms with Crippen LogP contribution in [0.3, 0.4) is 0 Å². The molecule has 1 aliphatic heterocycles. The average molecular weight is 471 g/mol. The van der Waals surface area contributed by atoms with E-state index in [1.807, 2.05) is 31.2 Å². The molecule has 2 heterocycles. The predicted octanol–water partition coefficient (Wildman–Crippen LogP) is 3.39. The first-order chi connectivity index (χ1) is 16.0. The van der Waals surface area contributed by atoms with Gasteiger partial charge in [-0.1, -0.05) is 44.5 Å². The van der Waals surface area contributed by atoms with Gasteiger partial charge in [-0.3, -0.25) is 4.79 Å². The number of nitrogens with zero attached hydrogens (tertiary/aromatic N) is 4. The molecule has 2 aromatic rings. The third-order valence-electron chi connectivity index (χ3n) is 4.48. The van der Waals surface area contributed by atoms with Crippen LogP contribution in [-0.4, -0.2) is 62.0 Å². The van der Waals surface area contributed by atoms with Crippen molar-refractivity contribution in [2.75, 3.05) is 44.8 Å². The lowest BCUT2D eigenvalue weighted by atomic mass is 10.1. The van der Waals surface area contributed by atoms with E-state index >= 15 is 0 Å². The summed E-state index contributed by atoms with van der Waals surface area (Å²) in [5.74, 6) is 1.09. The minimum absolute atomic E-state index is 0.181. The van der Waals surface area contributed by atoms with E-state index in [0.29, 0.717) is 49.3 Å². The summed E-state index contributed by atoms with van der Waals surface area (Å²) in [5.41, 5.74) is 5.06. The van der Waals surface area contributed by atoms with Crippen molar-refractivity contribution in [1.29, 1.82) is 0 Å². The Morgan fingerprint density at radius 2 is 1.91 bits per heavy atom. The fraction of sp³-hybridized carbons (Fsp3) is 0.417. The Balaban J connectivity index is 0.00000122. The van der Waals surface area contributed by atoms with Gasteiger partial charge in [-0.05, 0) is 13.0 Å². The number of thiol groups is 1. The van der Waals surface area contributed by atoms with E-state index in [9.17, 15) is 4.79 Å². The van der Waals surface area contributed by atoms with Crippen LogP contribution in [0.4, 0.5) is 5.82 Å². The standard InChI is InChI=1S/C21H26N6O2S.C3H8/c1-3-23-18(28)9-8-17-19(30)21(27-10-12-29-13-11-27)26-20(25-17)16-7-5-4-6-15(16)14-24-22-2;1-3-2/h4-9,14,22,30H,3,10-13H2,1-2H3,(H,23,28);3H2,1-2H3/b9-8+,24-14-;. The van der Waals surface area contributed by atoms with E-state index in [0.717, 1.165) is 16.9 Å². The van der Waals surface area contributed by atoms with Crippen molar-refractivity contribution in [3.05, 3.63) is 41.6 Å². The second-order valence-corrected chi connectivity index (χ2v) is 7.66. The fourth-order valence-corrected chi connectivity index (χ4v) is 3.34. The molecule has 33 heavy (non-hydrogen) atoms. The number of likely N-dealkylation sites (N-methyl/N-ethyl adjacent to an activating group) is 1. The molecule has 0 bridgehead atoms. The van der Waals surface area contributed by atoms with Crippen molar-refractivity contribution < 1.29 is 9.53 Å². The maximum Gasteiger partial charge on any atom is 0.244 e. The lowest BCUT2D eigenvalue weighted by Gasteiger charge is -2.29. The molecule has 9 heteroatoms. The van der Waals surface area contributed by atoms with Gasteiger partial charge in [0.2, 0.25) is 5.91 Å². The number of carbonyl (C=O) groups is 1. The van der Waals surface area contributed by atoms with Crippen molar-refractivity contribution in [3.63, 3.8) is 0 Å². The molecule has 0 radical (unpaired) electrons. The molecule has 2 N–H and O–H groups in total. The van der Waals surface area contributed by atoms with Crippen LogP contribution in [0, 0.1) is 0 Å². The molecule has 1 aliphatic rings. The molecule has 1 fully saturated rings. The van der Waals surface area contributed by atoms with Crippen molar-refractivity contribution in [2.45, 2.75) is 32.1 Å². The highest BCUT2D eigenvalue weighted by molar-refractivity contribution is 7.80. The molecule has 0 spiro atoms. The van der Waals surface area contributed by atoms with Crippen LogP contribution < -0.4 is 15.6 Å². The fourth-order valence-electron chi connectivity index (χ4n) is 3.03. The lowest BCUT2D eigenvalue weighted by molar-refractivity contribution is -0.116. The summed E-state index contributed by atoms with van der Waals surface area (Å²) in [6.45, 7) is 9.37. The van der Waals surface area contributed by atoms with Crippen LogP contribution in [-0.2, 0) is 9.53 Å². The highest BCUT2D eigenvalue weighted by Crippen LogP contribution is 2.30. The minimum Gasteiger partial charge on any atom is -0.378 e. The number of ether oxygens (including phenoxy) is 1. The molecule has 0 aliphatic carbocycles. The number of benzene rings is 1. The number of aromatic nitrogens is 2. The van der Waals surface area contributed by atoms with E-state index in [2.05, 4.69) is 34.6 Å². The smallest absolute Gasteiger partial charge is 0.244 e. The summed E-state index contributed by atoms with van der Waals surface area (Å²) in [7, 11) is 1.74. The number of hydrogen-bond donors (Lipinski definition) is 3. The summed E-state index contributed by atoms with van der Waals surface area (Å²) < 4.78 is 5.47. The van der Waals surface area contributed by atoms with Crippen molar-refractivity contribution in [1.82, 2.24) is 20.7 Å². The summed E-state index contributed by atoms with van der Waals surface area (Å²) in [6.07, 6.45) is 6.12. The van der Waals surface area contributed by atoms with E-state index < -0.39 is 0 Å². The van der Waals surface area contributed by atoms with Crippen LogP contribution in [0.15, 0.2) is 40.3 Å². The van der Waals surface area contributed by atoms with Gasteiger partial charge in [0.05, 0.1) is 30.0 Å². The number of carbonyl (C=O) groups excluding carboxylic acids is 1. The number of morpholine rings is 1. The molecule has 1 saturated heterocycles. The first kappa shape index (κ1) is 26.3. The second-order valence-electron chi connectivity index (χ2n) is 7.21. The number of anilines is 1. The molecule has 1 amide bonds. The van der Waals surface area contributed by atoms with Gasteiger partial charge in [0.25, 0.3) is 0 Å². The monoisotopic (exact) mass is 470 g/mol. The van der Waals surface area contributed by atoms with Gasteiger partial charge >= 0.3 is 0 Å². The summed E-state index contributed by atoms with van der Waals surface area (Å²) in [5, 5.41) is 6.87. The zero-order valence-electron chi connectivity index (χ0n) is 19.8. The SMILES string of the molecule is CCC.CCNC(=O)/C=C/c1nc(-c2ccccc2/C=N\NC)nc(N2CCOCC2)c1S. The first-order valence-corrected chi connectivity index (χ1v) is 11.7. The van der Waals surface area contributed by atoms with Crippen molar-refractivity contribution in [3.8, 4) is 11.4 Å². The Bertz CT molecular complexity index is 958. The number of rotatable bonds is 7. The average Bonchev–Trinajstić information content (AvgIpc) is 2.83. The van der Waals surface area contributed by atoms with Crippen LogP contribution >= 0.6 is 12.6 Å². The summed E-state index contributed by atoms with van der Waals surface area (Å²) in [6, 6.07) is 7.77. The first-order valence-electron chi connectivity index (χ1n) is 11.2. The molecule has 178 valence electrons. The molecule has 0 atom stereocenters. The second kappa shape index (κ2) is 14.3. The van der Waals surface area contributed by atoms with Gasteiger partial charge in [0.15, 0.2) is 5.82 Å². The maximum absolute atomic E-state index is 11.9. The Morgan fingerprint density at radius 3 is 2.58 bits per heavy atom. The predicted molar refractivity (Wildman–Crippen MR) is 138 cm³/mol. The van der Waals surface area contributed by atoms with E-state index in [-0.39, 0.29) is 5.91 Å². The molecule has 1 aromatic heterocycles. The number of hydrazone groups is 1. The molecular weight excluding hydrogens is 436 g/mol. The topological polar surface area (TPSA) is 91.7 Å². The van der Waals surface area contributed by atoms with E-state index in [1.165, 1.54) is 12.5 Å². The van der Waals surface area contributed by atoms with Gasteiger partial charge in [-0.25, -0.2) is 9.97 Å². The van der Waals surface area contributed by atoms with Crippen LogP contribution in [0.2, 0.25) is 0 Å². The Morgan fingerprint density at radius 1 is 1.21 bits per heavy atom. The van der Waals surface area contributed by atoms with Crippen molar-refractivity contribution >= 4 is 36.6 Å². The van der Waals surface area contributed by atoms with Gasteiger partial charge in [0.1, 0.15) is 5.82 Å². The van der Waals surface area contributed by atoms with Gasteiger partial charge in [-0.2, -0.15) is 5.10 Å². The van der Waals surface area contributed by atoms with Gasteiger partial charge in [-0.15, -0.1) is 12.6 Å². The summed E-state index contributed by atoms with van der Waals surface area (Å²) >= 11 is 4.69. The molecule has 0 saturated carbocycles. The molecule has 1 aromatic carbocycles. The Labute approximate surface area is 202 Å². The third kappa shape index (κ3) is 7.87. The number of amides is 1. The normalized spacial score (nSPS) is 13.7. The molecule has 8 nitrogen and oxygen atoms in total. The molecule has 0 unspecified atom stereocenters. The van der Waals surface area contributed by atoms with Crippen LogP contribution in [0.25, 0.3) is 17.5 Å². The van der Waals surface area contributed by atoms with Crippen LogP contribution in [0.1, 0.15) is 38.4 Å². The highest BCUT2D eigenvalue weighted by Gasteiger charge is 2.20. The van der Waals surface area contributed by atoms with E-state index in [1.54, 1.807) is 19.3 Å². The zero-order valence-corrected chi connectivity index (χ0v) is 20.7. The number of nitrogens with one attached hydrogen (secondary N) is 2. The zero-order chi connectivity index (χ0) is 24.1. The van der Waals surface area contributed by atoms with E-state index in [4.69, 9.17) is 27.3 Å². The lowest BCUT2D eigenvalue weighted by Crippen LogP contribution is -2.37. The third-order valence-corrected chi connectivity index (χ3v) is 4.91. The van der Waals surface area contributed by atoms with Gasteiger partial charge in [0, 0.05) is 43.9 Å². The van der Waals surface area contributed by atoms with Crippen LogP contribution in [0.5, 0.6) is 0 Å². The Hall–Kier alpha value is -2.91. The minimum atomic E-state index is -0.181. The van der Waals surface area contributed by atoms with Gasteiger partial charge < -0.3 is 20.4 Å². The molecular formula is C24H34N6O2S. The number of hydrogen-bond acceptors (Lipinski definition) is 8. The largest absolute Gasteiger partial charge is 0.378 e. The Kier molecular flexibility index (Phi) is 11.4. The molecule has 3 rings (SSSR count). The quantitative estimate of drug-likeness (QED) is 0.249. The summed E-state index contributed by atoms with van der Waals surface area (Å²) in [4.78, 5) is 24.2. The highest BCUT2D eigenvalue weighted by atomic mass is 32.1.